The molecule has 0 N–H and O–H groups in total. The number of hydrogen-bond acceptors (Lipinski definition) is 4. The molecule has 1 aliphatic heterocycles. The van der Waals surface area contributed by atoms with Gasteiger partial charge in [-0.1, -0.05) is 32.9 Å². The Kier molecular flexibility index (Phi) is 5.35. The Hall–Kier alpha value is -2.25. The molecule has 1 saturated heterocycles. The van der Waals surface area contributed by atoms with Gasteiger partial charge in [0.1, 0.15) is 0 Å². The summed E-state index contributed by atoms with van der Waals surface area (Å²) in [6.45, 7) is 7.59. The molecule has 1 aromatic carbocycles. The van der Waals surface area contributed by atoms with E-state index in [0.29, 0.717) is 23.5 Å². The van der Waals surface area contributed by atoms with Crippen LogP contribution < -0.4 is 0 Å². The number of amides is 1. The highest BCUT2D eigenvalue weighted by atomic mass is 32.2. The van der Waals surface area contributed by atoms with Crippen molar-refractivity contribution < 1.29 is 13.2 Å². The maximum Gasteiger partial charge on any atom is 0.255 e. The van der Waals surface area contributed by atoms with E-state index >= 15 is 0 Å². The molecular formula is C20H25N3O3S. The Morgan fingerprint density at radius 3 is 2.15 bits per heavy atom. The molecule has 7 heteroatoms. The molecule has 144 valence electrons. The molecule has 0 saturated carbocycles. The van der Waals surface area contributed by atoms with E-state index < -0.39 is 10.0 Å². The predicted molar refractivity (Wildman–Crippen MR) is 104 cm³/mol. The van der Waals surface area contributed by atoms with E-state index in [0.717, 1.165) is 5.56 Å². The van der Waals surface area contributed by atoms with Crippen molar-refractivity contribution in [3.8, 4) is 0 Å². The summed E-state index contributed by atoms with van der Waals surface area (Å²) in [5.74, 6) is -0.116. The fourth-order valence-corrected chi connectivity index (χ4v) is 4.50. The van der Waals surface area contributed by atoms with Crippen LogP contribution in [0.1, 0.15) is 36.7 Å². The lowest BCUT2D eigenvalue weighted by molar-refractivity contribution is 0.0697. The second kappa shape index (κ2) is 7.40. The monoisotopic (exact) mass is 387 g/mol. The molecule has 1 aromatic heterocycles. The minimum atomic E-state index is -3.56. The van der Waals surface area contributed by atoms with Crippen LogP contribution in [0.2, 0.25) is 0 Å². The highest BCUT2D eigenvalue weighted by Crippen LogP contribution is 2.25. The molecule has 0 bridgehead atoms. The van der Waals surface area contributed by atoms with E-state index in [-0.39, 0.29) is 24.4 Å². The SMILES string of the molecule is CC(C)(C)c1ccc(S(=O)(=O)N2CCN(C(=O)c3cccnc3)CC2)cc1. The molecule has 3 rings (SSSR count). The van der Waals surface area contributed by atoms with Crippen LogP contribution in [-0.2, 0) is 15.4 Å². The van der Waals surface area contributed by atoms with E-state index in [9.17, 15) is 13.2 Å². The first-order valence-electron chi connectivity index (χ1n) is 8.99. The van der Waals surface area contributed by atoms with Crippen molar-refractivity contribution in [3.63, 3.8) is 0 Å². The van der Waals surface area contributed by atoms with E-state index in [1.807, 2.05) is 12.1 Å². The largest absolute Gasteiger partial charge is 0.336 e. The Bertz CT molecular complexity index is 896. The molecule has 2 aromatic rings. The van der Waals surface area contributed by atoms with E-state index in [1.54, 1.807) is 35.4 Å². The molecule has 0 unspecified atom stereocenters. The van der Waals surface area contributed by atoms with Crippen LogP contribution in [-0.4, -0.2) is 54.7 Å². The Labute approximate surface area is 160 Å². The molecule has 1 fully saturated rings. The zero-order chi connectivity index (χ0) is 19.7. The third-order valence-corrected chi connectivity index (χ3v) is 6.71. The summed E-state index contributed by atoms with van der Waals surface area (Å²) in [5.41, 5.74) is 1.58. The Morgan fingerprint density at radius 1 is 1.00 bits per heavy atom. The standard InChI is InChI=1S/C20H25N3O3S/c1-20(2,3)17-6-8-18(9-7-17)27(25,26)23-13-11-22(12-14-23)19(24)16-5-4-10-21-15-16/h4-10,15H,11-14H2,1-3H3. The van der Waals surface area contributed by atoms with Crippen molar-refractivity contribution in [2.45, 2.75) is 31.1 Å². The second-order valence-corrected chi connectivity index (χ2v) is 9.65. The van der Waals surface area contributed by atoms with Crippen molar-refractivity contribution >= 4 is 15.9 Å². The molecule has 0 atom stereocenters. The van der Waals surface area contributed by atoms with Gasteiger partial charge in [0.05, 0.1) is 10.5 Å². The predicted octanol–water partition coefficient (Wildman–Crippen LogP) is 2.53. The number of pyridine rings is 1. The lowest BCUT2D eigenvalue weighted by Crippen LogP contribution is -2.50. The van der Waals surface area contributed by atoms with Gasteiger partial charge in [-0.25, -0.2) is 8.42 Å². The van der Waals surface area contributed by atoms with Gasteiger partial charge in [0, 0.05) is 38.6 Å². The third-order valence-electron chi connectivity index (χ3n) is 4.79. The summed E-state index contributed by atoms with van der Waals surface area (Å²) in [6.07, 6.45) is 3.15. The first-order valence-corrected chi connectivity index (χ1v) is 10.4. The molecule has 2 heterocycles. The molecule has 6 nitrogen and oxygen atoms in total. The van der Waals surface area contributed by atoms with Gasteiger partial charge in [-0.15, -0.1) is 0 Å². The first kappa shape index (κ1) is 19.5. The van der Waals surface area contributed by atoms with Gasteiger partial charge in [-0.05, 0) is 35.2 Å². The quantitative estimate of drug-likeness (QED) is 0.811. The number of carbonyl (C=O) groups is 1. The number of piperazine rings is 1. The summed E-state index contributed by atoms with van der Waals surface area (Å²) in [6, 6.07) is 10.5. The van der Waals surface area contributed by atoms with Gasteiger partial charge >= 0.3 is 0 Å². The molecule has 1 amide bonds. The number of nitrogens with zero attached hydrogens (tertiary/aromatic N) is 3. The highest BCUT2D eigenvalue weighted by molar-refractivity contribution is 7.89. The summed E-state index contributed by atoms with van der Waals surface area (Å²) in [4.78, 5) is 18.4. The van der Waals surface area contributed by atoms with Crippen LogP contribution in [0.3, 0.4) is 0 Å². The number of aromatic nitrogens is 1. The number of rotatable bonds is 3. The van der Waals surface area contributed by atoms with Crippen molar-refractivity contribution in [2.75, 3.05) is 26.2 Å². The normalized spacial score (nSPS) is 16.3. The fraction of sp³-hybridized carbons (Fsp3) is 0.400. The van der Waals surface area contributed by atoms with Gasteiger partial charge in [0.15, 0.2) is 0 Å². The van der Waals surface area contributed by atoms with Crippen molar-refractivity contribution in [1.29, 1.82) is 0 Å². The molecule has 0 spiro atoms. The van der Waals surface area contributed by atoms with Crippen molar-refractivity contribution in [1.82, 2.24) is 14.2 Å². The summed E-state index contributed by atoms with van der Waals surface area (Å²) >= 11 is 0. The first-order chi connectivity index (χ1) is 12.7. The third kappa shape index (κ3) is 4.20. The molecule has 0 aliphatic carbocycles. The van der Waals surface area contributed by atoms with Crippen molar-refractivity contribution in [3.05, 3.63) is 59.9 Å². The maximum absolute atomic E-state index is 12.9. The van der Waals surface area contributed by atoms with Crippen molar-refractivity contribution in [2.24, 2.45) is 0 Å². The average Bonchev–Trinajstić information content (AvgIpc) is 2.67. The topological polar surface area (TPSA) is 70.6 Å². The molecular weight excluding hydrogens is 362 g/mol. The van der Waals surface area contributed by atoms with Crippen LogP contribution in [0.25, 0.3) is 0 Å². The fourth-order valence-electron chi connectivity index (χ4n) is 3.08. The summed E-state index contributed by atoms with van der Waals surface area (Å²) in [5, 5.41) is 0. The Balaban J connectivity index is 1.69. The van der Waals surface area contributed by atoms with Gasteiger partial charge in [0.2, 0.25) is 10.0 Å². The number of hydrogen-bond donors (Lipinski definition) is 0. The van der Waals surface area contributed by atoms with E-state index in [2.05, 4.69) is 25.8 Å². The van der Waals surface area contributed by atoms with Gasteiger partial charge in [-0.3, -0.25) is 9.78 Å². The number of carbonyl (C=O) groups excluding carboxylic acids is 1. The van der Waals surface area contributed by atoms with Gasteiger partial charge in [-0.2, -0.15) is 4.31 Å². The highest BCUT2D eigenvalue weighted by Gasteiger charge is 2.30. The zero-order valence-electron chi connectivity index (χ0n) is 15.9. The number of benzene rings is 1. The summed E-state index contributed by atoms with van der Waals surface area (Å²) < 4.78 is 27.3. The van der Waals surface area contributed by atoms with Gasteiger partial charge < -0.3 is 4.90 Å². The maximum atomic E-state index is 12.9. The van der Waals surface area contributed by atoms with Crippen LogP contribution in [0.15, 0.2) is 53.7 Å². The smallest absolute Gasteiger partial charge is 0.255 e. The van der Waals surface area contributed by atoms with Crippen LogP contribution in [0.4, 0.5) is 0 Å². The minimum absolute atomic E-state index is 0.0272. The van der Waals surface area contributed by atoms with Gasteiger partial charge in [0.25, 0.3) is 5.91 Å². The molecule has 1 aliphatic rings. The average molecular weight is 388 g/mol. The Morgan fingerprint density at radius 2 is 1.63 bits per heavy atom. The van der Waals surface area contributed by atoms with Crippen LogP contribution in [0.5, 0.6) is 0 Å². The van der Waals surface area contributed by atoms with Crippen LogP contribution in [0, 0.1) is 0 Å². The lowest BCUT2D eigenvalue weighted by Gasteiger charge is -2.34. The summed E-state index contributed by atoms with van der Waals surface area (Å²) in [7, 11) is -3.56. The molecule has 27 heavy (non-hydrogen) atoms. The second-order valence-electron chi connectivity index (χ2n) is 7.71. The minimum Gasteiger partial charge on any atom is -0.336 e. The van der Waals surface area contributed by atoms with E-state index in [1.165, 1.54) is 10.5 Å². The number of sulfonamides is 1. The lowest BCUT2D eigenvalue weighted by atomic mass is 9.87. The zero-order valence-corrected chi connectivity index (χ0v) is 16.7. The van der Waals surface area contributed by atoms with E-state index in [4.69, 9.17) is 0 Å². The van der Waals surface area contributed by atoms with Crippen LogP contribution >= 0.6 is 0 Å². The molecule has 0 radical (unpaired) electrons.